The predicted molar refractivity (Wildman–Crippen MR) is 96.6 cm³/mol. The maximum atomic E-state index is 12.6. The summed E-state index contributed by atoms with van der Waals surface area (Å²) < 4.78 is 25.7. The minimum Gasteiger partial charge on any atom is -0.351 e. The molecule has 1 aromatic rings. The first-order valence-electron chi connectivity index (χ1n) is 8.23. The number of carbonyl (C=O) groups excluding carboxylic acids is 1. The first kappa shape index (κ1) is 18.7. The van der Waals surface area contributed by atoms with Crippen LogP contribution in [-0.4, -0.2) is 57.7 Å². The molecule has 2 rings (SSSR count). The fourth-order valence-electron chi connectivity index (χ4n) is 3.05. The van der Waals surface area contributed by atoms with E-state index < -0.39 is 16.1 Å². The van der Waals surface area contributed by atoms with E-state index in [0.29, 0.717) is 5.69 Å². The molecule has 1 atom stereocenters. The van der Waals surface area contributed by atoms with Crippen LogP contribution in [-0.2, 0) is 14.8 Å². The molecule has 24 heavy (non-hydrogen) atoms. The third kappa shape index (κ3) is 4.70. The summed E-state index contributed by atoms with van der Waals surface area (Å²) in [5.74, 6) is -0.253. The zero-order valence-electron chi connectivity index (χ0n) is 14.8. The van der Waals surface area contributed by atoms with Crippen LogP contribution in [0.25, 0.3) is 0 Å². The number of anilines is 1. The molecule has 0 aromatic heterocycles. The maximum Gasteiger partial charge on any atom is 0.243 e. The number of hydrogen-bond donors (Lipinski definition) is 1. The Morgan fingerprint density at radius 1 is 1.33 bits per heavy atom. The summed E-state index contributed by atoms with van der Waals surface area (Å²) in [7, 11) is -1.50. The van der Waals surface area contributed by atoms with Crippen molar-refractivity contribution in [2.75, 3.05) is 30.7 Å². The standard InChI is InChI=1S/C17H27N3O3S/c1-13-6-5-7-16(12-13)20(24(4,22)23)14(2)17(21)18-15-8-10-19(3)11-9-15/h5-7,12,14-15H,8-11H2,1-4H3,(H,18,21)/t14-/m1/s1. The predicted octanol–water partition coefficient (Wildman–Crippen LogP) is 1.36. The number of sulfonamides is 1. The van der Waals surface area contributed by atoms with Crippen molar-refractivity contribution in [1.82, 2.24) is 10.2 Å². The zero-order valence-corrected chi connectivity index (χ0v) is 15.6. The molecule has 1 aliphatic heterocycles. The van der Waals surface area contributed by atoms with Gasteiger partial charge in [-0.25, -0.2) is 8.42 Å². The summed E-state index contributed by atoms with van der Waals surface area (Å²) in [5, 5.41) is 3.00. The first-order valence-corrected chi connectivity index (χ1v) is 10.1. The lowest BCUT2D eigenvalue weighted by molar-refractivity contribution is -0.122. The van der Waals surface area contributed by atoms with E-state index in [9.17, 15) is 13.2 Å². The second-order valence-corrected chi connectivity index (χ2v) is 8.52. The van der Waals surface area contributed by atoms with E-state index in [-0.39, 0.29) is 11.9 Å². The van der Waals surface area contributed by atoms with Crippen molar-refractivity contribution >= 4 is 21.6 Å². The van der Waals surface area contributed by atoms with Crippen LogP contribution in [0.1, 0.15) is 25.3 Å². The summed E-state index contributed by atoms with van der Waals surface area (Å²) in [5.41, 5.74) is 1.47. The molecule has 0 bridgehead atoms. The van der Waals surface area contributed by atoms with Crippen LogP contribution in [0.15, 0.2) is 24.3 Å². The van der Waals surface area contributed by atoms with Crippen molar-refractivity contribution in [3.05, 3.63) is 29.8 Å². The van der Waals surface area contributed by atoms with Gasteiger partial charge < -0.3 is 10.2 Å². The van der Waals surface area contributed by atoms with Gasteiger partial charge in [-0.1, -0.05) is 12.1 Å². The molecule has 1 aromatic carbocycles. The smallest absolute Gasteiger partial charge is 0.243 e. The molecule has 0 radical (unpaired) electrons. The van der Waals surface area contributed by atoms with Gasteiger partial charge >= 0.3 is 0 Å². The van der Waals surface area contributed by atoms with Gasteiger partial charge in [0.15, 0.2) is 0 Å². The Hall–Kier alpha value is -1.60. The van der Waals surface area contributed by atoms with Gasteiger partial charge in [-0.15, -0.1) is 0 Å². The molecule has 0 saturated carbocycles. The summed E-state index contributed by atoms with van der Waals surface area (Å²) >= 11 is 0. The number of benzene rings is 1. The minimum atomic E-state index is -3.56. The second kappa shape index (κ2) is 7.53. The lowest BCUT2D eigenvalue weighted by Crippen LogP contribution is -2.52. The van der Waals surface area contributed by atoms with Gasteiger partial charge in [0.05, 0.1) is 11.9 Å². The summed E-state index contributed by atoms with van der Waals surface area (Å²) in [4.78, 5) is 14.8. The van der Waals surface area contributed by atoms with Crippen LogP contribution in [0.5, 0.6) is 0 Å². The number of likely N-dealkylation sites (tertiary alicyclic amines) is 1. The summed E-state index contributed by atoms with van der Waals surface area (Å²) in [6.45, 7) is 5.40. The third-order valence-electron chi connectivity index (χ3n) is 4.41. The van der Waals surface area contributed by atoms with Crippen molar-refractivity contribution in [3.8, 4) is 0 Å². The normalized spacial score (nSPS) is 18.2. The van der Waals surface area contributed by atoms with Gasteiger partial charge in [-0.05, 0) is 64.5 Å². The number of amides is 1. The molecule has 1 aliphatic rings. The monoisotopic (exact) mass is 353 g/mol. The largest absolute Gasteiger partial charge is 0.351 e. The zero-order chi connectivity index (χ0) is 17.9. The van der Waals surface area contributed by atoms with Gasteiger partial charge in [0.2, 0.25) is 15.9 Å². The van der Waals surface area contributed by atoms with Crippen molar-refractivity contribution in [2.45, 2.75) is 38.8 Å². The van der Waals surface area contributed by atoms with Gasteiger partial charge in [-0.3, -0.25) is 9.10 Å². The number of aryl methyl sites for hydroxylation is 1. The number of nitrogens with one attached hydrogen (secondary N) is 1. The molecular weight excluding hydrogens is 326 g/mol. The van der Waals surface area contributed by atoms with Gasteiger partial charge in [-0.2, -0.15) is 0 Å². The van der Waals surface area contributed by atoms with E-state index in [1.54, 1.807) is 25.1 Å². The quantitative estimate of drug-likeness (QED) is 0.868. The molecule has 1 amide bonds. The highest BCUT2D eigenvalue weighted by Gasteiger charge is 2.30. The van der Waals surface area contributed by atoms with Crippen molar-refractivity contribution in [2.24, 2.45) is 0 Å². The fourth-order valence-corrected chi connectivity index (χ4v) is 4.22. The molecule has 1 saturated heterocycles. The Morgan fingerprint density at radius 2 is 1.96 bits per heavy atom. The number of hydrogen-bond acceptors (Lipinski definition) is 4. The van der Waals surface area contributed by atoms with Gasteiger partial charge in [0.1, 0.15) is 6.04 Å². The van der Waals surface area contributed by atoms with Crippen LogP contribution >= 0.6 is 0 Å². The Labute approximate surface area is 144 Å². The van der Waals surface area contributed by atoms with E-state index >= 15 is 0 Å². The van der Waals surface area contributed by atoms with Crippen LogP contribution in [0, 0.1) is 6.92 Å². The molecular formula is C17H27N3O3S. The van der Waals surface area contributed by atoms with Crippen molar-refractivity contribution in [3.63, 3.8) is 0 Å². The fraction of sp³-hybridized carbons (Fsp3) is 0.588. The highest BCUT2D eigenvalue weighted by molar-refractivity contribution is 7.92. The lowest BCUT2D eigenvalue weighted by atomic mass is 10.1. The molecule has 0 aliphatic carbocycles. The lowest BCUT2D eigenvalue weighted by Gasteiger charge is -2.33. The van der Waals surface area contributed by atoms with E-state index in [0.717, 1.165) is 37.8 Å². The molecule has 6 nitrogen and oxygen atoms in total. The molecule has 1 fully saturated rings. The van der Waals surface area contributed by atoms with Crippen molar-refractivity contribution in [1.29, 1.82) is 0 Å². The number of piperidine rings is 1. The van der Waals surface area contributed by atoms with E-state index in [2.05, 4.69) is 17.3 Å². The highest BCUT2D eigenvalue weighted by atomic mass is 32.2. The molecule has 0 spiro atoms. The number of nitrogens with zero attached hydrogens (tertiary/aromatic N) is 2. The SMILES string of the molecule is Cc1cccc(N([C@H](C)C(=O)NC2CCN(C)CC2)S(C)(=O)=O)c1. The van der Waals surface area contributed by atoms with Crippen LogP contribution in [0.2, 0.25) is 0 Å². The Bertz CT molecular complexity index is 682. The topological polar surface area (TPSA) is 69.7 Å². The molecule has 134 valence electrons. The Kier molecular flexibility index (Phi) is 5.87. The van der Waals surface area contributed by atoms with Crippen molar-refractivity contribution < 1.29 is 13.2 Å². The number of rotatable bonds is 5. The average Bonchev–Trinajstić information content (AvgIpc) is 2.48. The second-order valence-electron chi connectivity index (χ2n) is 6.66. The van der Waals surface area contributed by atoms with Crippen LogP contribution in [0.3, 0.4) is 0 Å². The van der Waals surface area contributed by atoms with Crippen LogP contribution in [0.4, 0.5) is 5.69 Å². The van der Waals surface area contributed by atoms with Gasteiger partial charge in [0, 0.05) is 6.04 Å². The average molecular weight is 353 g/mol. The Morgan fingerprint density at radius 3 is 2.50 bits per heavy atom. The number of carbonyl (C=O) groups is 1. The summed E-state index contributed by atoms with van der Waals surface area (Å²) in [6.07, 6.45) is 2.91. The van der Waals surface area contributed by atoms with E-state index in [4.69, 9.17) is 0 Å². The molecule has 1 N–H and O–H groups in total. The molecule has 1 heterocycles. The maximum absolute atomic E-state index is 12.6. The molecule has 7 heteroatoms. The van der Waals surface area contributed by atoms with Crippen LogP contribution < -0.4 is 9.62 Å². The minimum absolute atomic E-state index is 0.107. The first-order chi connectivity index (χ1) is 11.2. The van der Waals surface area contributed by atoms with E-state index in [1.807, 2.05) is 13.0 Å². The third-order valence-corrected chi connectivity index (χ3v) is 5.65. The van der Waals surface area contributed by atoms with Gasteiger partial charge in [0.25, 0.3) is 0 Å². The molecule has 0 unspecified atom stereocenters. The Balaban J connectivity index is 2.16. The highest BCUT2D eigenvalue weighted by Crippen LogP contribution is 2.22. The van der Waals surface area contributed by atoms with E-state index in [1.165, 1.54) is 4.31 Å². The summed E-state index contributed by atoms with van der Waals surface area (Å²) in [6, 6.07) is 6.50.